The van der Waals surface area contributed by atoms with Gasteiger partial charge in [0.05, 0.1) is 17.0 Å². The minimum Gasteiger partial charge on any atom is -0.471 e. The van der Waals surface area contributed by atoms with Gasteiger partial charge in [0, 0.05) is 18.0 Å². The Morgan fingerprint density at radius 1 is 1.25 bits per heavy atom. The second kappa shape index (κ2) is 6.00. The lowest BCUT2D eigenvalue weighted by Crippen LogP contribution is -2.38. The fourth-order valence-corrected chi connectivity index (χ4v) is 3.26. The van der Waals surface area contributed by atoms with E-state index in [1.807, 2.05) is 24.3 Å². The molecule has 2 aliphatic rings. The predicted octanol–water partition coefficient (Wildman–Crippen LogP) is 3.44. The number of carbonyl (C=O) groups is 1. The van der Waals surface area contributed by atoms with Crippen LogP contribution >= 0.6 is 0 Å². The number of hydrogen-bond donors (Lipinski definition) is 0. The number of benzene rings is 2. The number of anilines is 1. The smallest absolute Gasteiger partial charge is 0.365 e. The Morgan fingerprint density at radius 3 is 2.88 bits per heavy atom. The number of para-hydroxylation sites is 1. The van der Waals surface area contributed by atoms with E-state index in [1.165, 1.54) is 0 Å². The van der Waals surface area contributed by atoms with E-state index in [9.17, 15) is 4.79 Å². The molecular weight excluding hydrogens is 304 g/mol. The molecule has 0 saturated carbocycles. The molecule has 2 heterocycles. The largest absolute Gasteiger partial charge is 0.471 e. The quantitative estimate of drug-likeness (QED) is 0.641. The Hall–Kier alpha value is -2.82. The molecule has 1 atom stereocenters. The van der Waals surface area contributed by atoms with Gasteiger partial charge in [-0.25, -0.2) is 4.79 Å². The van der Waals surface area contributed by atoms with Crippen molar-refractivity contribution in [3.63, 3.8) is 0 Å². The second-order valence-electron chi connectivity index (χ2n) is 5.97. The monoisotopic (exact) mass is 322 g/mol. The number of nitrogens with zero attached hydrogens (tertiary/aromatic N) is 2. The first kappa shape index (κ1) is 14.8. The number of carbonyl (C=O) groups excluding carboxylic acids is 1. The summed E-state index contributed by atoms with van der Waals surface area (Å²) in [7, 11) is 0. The summed E-state index contributed by atoms with van der Waals surface area (Å²) in [5.74, 6) is 0.631. The van der Waals surface area contributed by atoms with Gasteiger partial charge in [-0.05, 0) is 24.6 Å². The van der Waals surface area contributed by atoms with E-state index >= 15 is 0 Å². The highest BCUT2D eigenvalue weighted by molar-refractivity contribution is 6.10. The van der Waals surface area contributed by atoms with Crippen molar-refractivity contribution in [2.75, 3.05) is 18.2 Å². The molecule has 0 spiro atoms. The second-order valence-corrected chi connectivity index (χ2v) is 5.97. The average molecular weight is 322 g/mol. The van der Waals surface area contributed by atoms with Crippen LogP contribution in [-0.2, 0) is 4.84 Å². The van der Waals surface area contributed by atoms with Gasteiger partial charge in [-0.3, -0.25) is 0 Å². The Bertz CT molecular complexity index is 802. The third-order valence-corrected chi connectivity index (χ3v) is 4.52. The van der Waals surface area contributed by atoms with Gasteiger partial charge in [-0.15, -0.1) is 0 Å². The zero-order valence-electron chi connectivity index (χ0n) is 13.4. The highest BCUT2D eigenvalue weighted by Crippen LogP contribution is 2.42. The van der Waals surface area contributed by atoms with E-state index in [-0.39, 0.29) is 5.92 Å². The highest BCUT2D eigenvalue weighted by Gasteiger charge is 2.35. The summed E-state index contributed by atoms with van der Waals surface area (Å²) in [5.41, 5.74) is 3.36. The van der Waals surface area contributed by atoms with Crippen molar-refractivity contribution < 1.29 is 14.4 Å². The first-order valence-corrected chi connectivity index (χ1v) is 8.13. The van der Waals surface area contributed by atoms with E-state index in [0.717, 1.165) is 35.7 Å². The highest BCUT2D eigenvalue weighted by atomic mass is 16.7. The summed E-state index contributed by atoms with van der Waals surface area (Å²) >= 11 is 0. The summed E-state index contributed by atoms with van der Waals surface area (Å²) in [5, 5.41) is 4.24. The molecule has 1 unspecified atom stereocenters. The molecule has 0 amide bonds. The molecule has 0 saturated heterocycles. The van der Waals surface area contributed by atoms with Gasteiger partial charge in [0.15, 0.2) is 6.73 Å². The fraction of sp³-hybridized carbons (Fsp3) is 0.263. The van der Waals surface area contributed by atoms with Crippen LogP contribution in [0.1, 0.15) is 29.3 Å². The molecule has 0 bridgehead atoms. The third kappa shape index (κ3) is 2.42. The Labute approximate surface area is 140 Å². The Morgan fingerprint density at radius 2 is 2.08 bits per heavy atom. The molecule has 5 nitrogen and oxygen atoms in total. The molecule has 5 heteroatoms. The van der Waals surface area contributed by atoms with E-state index < -0.39 is 5.97 Å². The fourth-order valence-electron chi connectivity index (χ4n) is 3.26. The number of hydrogen-bond acceptors (Lipinski definition) is 5. The van der Waals surface area contributed by atoms with E-state index in [2.05, 4.69) is 17.0 Å². The van der Waals surface area contributed by atoms with Crippen LogP contribution in [0.3, 0.4) is 0 Å². The molecule has 2 aliphatic heterocycles. The van der Waals surface area contributed by atoms with Gasteiger partial charge in [-0.1, -0.05) is 42.4 Å². The van der Waals surface area contributed by atoms with Crippen molar-refractivity contribution in [2.24, 2.45) is 11.1 Å². The molecule has 0 radical (unpaired) electrons. The van der Waals surface area contributed by atoms with Gasteiger partial charge in [0.1, 0.15) is 5.75 Å². The van der Waals surface area contributed by atoms with Crippen molar-refractivity contribution >= 4 is 17.4 Å². The zero-order valence-corrected chi connectivity index (χ0v) is 13.4. The van der Waals surface area contributed by atoms with E-state index in [1.54, 1.807) is 24.3 Å². The van der Waals surface area contributed by atoms with Gasteiger partial charge in [0.25, 0.3) is 0 Å². The molecule has 2 aromatic carbocycles. The van der Waals surface area contributed by atoms with Crippen LogP contribution in [0.2, 0.25) is 0 Å². The third-order valence-electron chi connectivity index (χ3n) is 4.52. The van der Waals surface area contributed by atoms with Crippen LogP contribution in [0.5, 0.6) is 5.75 Å². The van der Waals surface area contributed by atoms with Crippen LogP contribution < -0.4 is 9.64 Å². The average Bonchev–Trinajstić information content (AvgIpc) is 3.05. The molecule has 24 heavy (non-hydrogen) atoms. The van der Waals surface area contributed by atoms with Crippen LogP contribution in [0, 0.1) is 5.92 Å². The summed E-state index contributed by atoms with van der Waals surface area (Å²) in [4.78, 5) is 19.6. The Kier molecular flexibility index (Phi) is 3.69. The van der Waals surface area contributed by atoms with Crippen molar-refractivity contribution in [3.05, 3.63) is 59.7 Å². The zero-order chi connectivity index (χ0) is 16.5. The normalized spacial score (nSPS) is 19.8. The van der Waals surface area contributed by atoms with Crippen LogP contribution in [0.25, 0.3) is 0 Å². The summed E-state index contributed by atoms with van der Waals surface area (Å²) in [6, 6.07) is 14.8. The van der Waals surface area contributed by atoms with Crippen molar-refractivity contribution in [2.45, 2.75) is 13.3 Å². The minimum atomic E-state index is -0.441. The van der Waals surface area contributed by atoms with Gasteiger partial charge < -0.3 is 14.5 Å². The summed E-state index contributed by atoms with van der Waals surface area (Å²) < 4.78 is 5.72. The lowest BCUT2D eigenvalue weighted by molar-refractivity contribution is 0.0514. The van der Waals surface area contributed by atoms with Crippen molar-refractivity contribution in [3.8, 4) is 5.75 Å². The molecule has 122 valence electrons. The first-order chi connectivity index (χ1) is 11.8. The number of oxime groups is 1. The van der Waals surface area contributed by atoms with E-state index in [0.29, 0.717) is 12.3 Å². The van der Waals surface area contributed by atoms with E-state index in [4.69, 9.17) is 9.57 Å². The standard InChI is InChI=1S/C19H18N2O3/c1-2-13-11-21-12-23-16-10-6-9-15(18(16)21)17(13)20-24-19(22)14-7-4-3-5-8-14/h3-10,13H,2,11-12H2,1H3/b20-17+. The van der Waals surface area contributed by atoms with Crippen LogP contribution in [0.4, 0.5) is 5.69 Å². The molecule has 4 rings (SSSR count). The Balaban J connectivity index is 1.67. The molecule has 0 fully saturated rings. The van der Waals surface area contributed by atoms with Gasteiger partial charge >= 0.3 is 5.97 Å². The molecule has 0 aromatic heterocycles. The van der Waals surface area contributed by atoms with Gasteiger partial charge in [0.2, 0.25) is 0 Å². The first-order valence-electron chi connectivity index (χ1n) is 8.13. The number of ether oxygens (including phenoxy) is 1. The summed E-state index contributed by atoms with van der Waals surface area (Å²) in [6.07, 6.45) is 0.919. The predicted molar refractivity (Wildman–Crippen MR) is 91.5 cm³/mol. The van der Waals surface area contributed by atoms with Crippen molar-refractivity contribution in [1.82, 2.24) is 0 Å². The SMILES string of the molecule is CCC1CN2COc3cccc(c32)/C1=N/OC(=O)c1ccccc1. The minimum absolute atomic E-state index is 0.207. The molecule has 2 aromatic rings. The van der Waals surface area contributed by atoms with Crippen LogP contribution in [-0.4, -0.2) is 25.0 Å². The lowest BCUT2D eigenvalue weighted by atomic mass is 9.89. The van der Waals surface area contributed by atoms with Gasteiger partial charge in [-0.2, -0.15) is 0 Å². The molecular formula is C19H18N2O3. The van der Waals surface area contributed by atoms with Crippen LogP contribution in [0.15, 0.2) is 53.7 Å². The number of rotatable bonds is 3. The van der Waals surface area contributed by atoms with Crippen molar-refractivity contribution in [1.29, 1.82) is 0 Å². The maximum atomic E-state index is 12.2. The lowest BCUT2D eigenvalue weighted by Gasteiger charge is -2.31. The molecule has 0 N–H and O–H groups in total. The molecule has 0 aliphatic carbocycles. The summed E-state index contributed by atoms with van der Waals surface area (Å²) in [6.45, 7) is 3.51. The topological polar surface area (TPSA) is 51.1 Å². The maximum Gasteiger partial charge on any atom is 0.365 e. The maximum absolute atomic E-state index is 12.2.